The second kappa shape index (κ2) is 6.95. The van der Waals surface area contributed by atoms with Crippen molar-refractivity contribution in [2.24, 2.45) is 5.92 Å². The molecule has 0 aliphatic carbocycles. The number of carbonyl (C=O) groups excluding carboxylic acids is 1. The molecule has 106 valence electrons. The maximum absolute atomic E-state index is 11.5. The Morgan fingerprint density at radius 1 is 1.33 bits per heavy atom. The fourth-order valence-corrected chi connectivity index (χ4v) is 1.92. The summed E-state index contributed by atoms with van der Waals surface area (Å²) < 4.78 is 5.24. The molecule has 1 rings (SSSR count). The van der Waals surface area contributed by atoms with Crippen LogP contribution in [0.15, 0.2) is 0 Å². The normalized spacial score (nSPS) is 18.7. The topological polar surface area (TPSA) is 50.8 Å². The predicted molar refractivity (Wildman–Crippen MR) is 70.2 cm³/mol. The molecule has 0 bridgehead atoms. The molecule has 0 radical (unpaired) electrons. The zero-order valence-corrected chi connectivity index (χ0v) is 12.0. The Labute approximate surface area is 110 Å². The molecule has 0 aromatic heterocycles. The van der Waals surface area contributed by atoms with E-state index in [0.717, 1.165) is 32.5 Å². The second-order valence-electron chi connectivity index (χ2n) is 5.76. The lowest BCUT2D eigenvalue weighted by molar-refractivity contribution is -0.171. The van der Waals surface area contributed by atoms with Gasteiger partial charge in [0, 0.05) is 18.6 Å². The fourth-order valence-electron chi connectivity index (χ4n) is 1.92. The minimum absolute atomic E-state index is 0.241. The highest BCUT2D eigenvalue weighted by molar-refractivity contribution is 5.68. The number of alkyl carbamates (subject to hydrolysis) is 1. The van der Waals surface area contributed by atoms with Crippen LogP contribution in [0, 0.1) is 5.92 Å². The molecule has 0 aromatic carbocycles. The third kappa shape index (κ3) is 6.21. The van der Waals surface area contributed by atoms with E-state index < -0.39 is 0 Å². The maximum Gasteiger partial charge on any atom is 0.407 e. The maximum atomic E-state index is 11.5. The van der Waals surface area contributed by atoms with Gasteiger partial charge in [0.25, 0.3) is 0 Å². The van der Waals surface area contributed by atoms with E-state index in [0.29, 0.717) is 12.5 Å². The summed E-state index contributed by atoms with van der Waals surface area (Å²) in [6.07, 6.45) is 1.71. The van der Waals surface area contributed by atoms with Gasteiger partial charge in [-0.05, 0) is 46.5 Å². The van der Waals surface area contributed by atoms with Crippen molar-refractivity contribution in [3.63, 3.8) is 0 Å². The number of carbonyl (C=O) groups is 1. The zero-order chi connectivity index (χ0) is 13.6. The Morgan fingerprint density at radius 3 is 2.44 bits per heavy atom. The Balaban J connectivity index is 2.16. The van der Waals surface area contributed by atoms with Gasteiger partial charge in [0.1, 0.15) is 0 Å². The van der Waals surface area contributed by atoms with Crippen LogP contribution in [-0.4, -0.2) is 43.0 Å². The molecule has 1 aliphatic rings. The molecule has 1 fully saturated rings. The van der Waals surface area contributed by atoms with Crippen molar-refractivity contribution in [1.82, 2.24) is 10.4 Å². The summed E-state index contributed by atoms with van der Waals surface area (Å²) in [6.45, 7) is 10.9. The fraction of sp³-hybridized carbons (Fsp3) is 0.923. The Kier molecular flexibility index (Phi) is 5.88. The van der Waals surface area contributed by atoms with E-state index in [1.165, 1.54) is 0 Å². The average Bonchev–Trinajstić information content (AvgIpc) is 2.26. The van der Waals surface area contributed by atoms with Gasteiger partial charge in [-0.2, -0.15) is 5.06 Å². The number of nitrogens with one attached hydrogen (secondary N) is 1. The molecule has 0 aromatic rings. The molecule has 1 heterocycles. The monoisotopic (exact) mass is 258 g/mol. The first kappa shape index (κ1) is 15.2. The highest BCUT2D eigenvalue weighted by atomic mass is 16.7. The zero-order valence-electron chi connectivity index (χ0n) is 12.0. The SMILES string of the molecule is CCON1CCC(COC(=O)NC(C)(C)C)CC1. The van der Waals surface area contributed by atoms with Gasteiger partial charge in [-0.25, -0.2) is 4.79 Å². The quantitative estimate of drug-likeness (QED) is 0.839. The van der Waals surface area contributed by atoms with E-state index in [9.17, 15) is 4.79 Å². The van der Waals surface area contributed by atoms with Gasteiger partial charge in [-0.3, -0.25) is 4.84 Å². The van der Waals surface area contributed by atoms with E-state index in [4.69, 9.17) is 9.57 Å². The minimum Gasteiger partial charge on any atom is -0.449 e. The summed E-state index contributed by atoms with van der Waals surface area (Å²) in [5.41, 5.74) is -0.241. The summed E-state index contributed by atoms with van der Waals surface area (Å²) in [5, 5.41) is 4.78. The van der Waals surface area contributed by atoms with Gasteiger partial charge in [-0.15, -0.1) is 0 Å². The van der Waals surface area contributed by atoms with Crippen LogP contribution < -0.4 is 5.32 Å². The molecule has 1 N–H and O–H groups in total. The first-order valence-electron chi connectivity index (χ1n) is 6.73. The van der Waals surface area contributed by atoms with Crippen LogP contribution in [0.3, 0.4) is 0 Å². The summed E-state index contributed by atoms with van der Waals surface area (Å²) in [6, 6.07) is 0. The number of hydroxylamine groups is 2. The number of piperidine rings is 1. The number of hydrogen-bond acceptors (Lipinski definition) is 4. The van der Waals surface area contributed by atoms with Crippen molar-refractivity contribution in [1.29, 1.82) is 0 Å². The number of hydrogen-bond donors (Lipinski definition) is 1. The Morgan fingerprint density at radius 2 is 1.94 bits per heavy atom. The first-order chi connectivity index (χ1) is 8.40. The lowest BCUT2D eigenvalue weighted by Gasteiger charge is -2.30. The molecule has 1 aliphatic heterocycles. The largest absolute Gasteiger partial charge is 0.449 e. The van der Waals surface area contributed by atoms with Crippen LogP contribution in [0.2, 0.25) is 0 Å². The Hall–Kier alpha value is -0.810. The third-order valence-corrected chi connectivity index (χ3v) is 2.81. The lowest BCUT2D eigenvalue weighted by Crippen LogP contribution is -2.42. The van der Waals surface area contributed by atoms with Crippen molar-refractivity contribution in [3.05, 3.63) is 0 Å². The molecule has 1 amide bonds. The summed E-state index contributed by atoms with van der Waals surface area (Å²) in [5.74, 6) is 0.451. The molecule has 5 nitrogen and oxygen atoms in total. The second-order valence-corrected chi connectivity index (χ2v) is 5.76. The van der Waals surface area contributed by atoms with Crippen molar-refractivity contribution >= 4 is 6.09 Å². The van der Waals surface area contributed by atoms with Gasteiger partial charge in [0.05, 0.1) is 13.2 Å². The van der Waals surface area contributed by atoms with E-state index in [1.54, 1.807) is 0 Å². The number of amides is 1. The van der Waals surface area contributed by atoms with Crippen LogP contribution in [-0.2, 0) is 9.57 Å². The summed E-state index contributed by atoms with van der Waals surface area (Å²) in [7, 11) is 0. The van der Waals surface area contributed by atoms with Gasteiger partial charge in [-0.1, -0.05) is 0 Å². The molecule has 0 unspecified atom stereocenters. The molecular formula is C13H26N2O3. The first-order valence-corrected chi connectivity index (χ1v) is 6.73. The standard InChI is InChI=1S/C13H26N2O3/c1-5-18-15-8-6-11(7-9-15)10-17-12(16)14-13(2,3)4/h11H,5-10H2,1-4H3,(H,14,16). The summed E-state index contributed by atoms with van der Waals surface area (Å²) >= 11 is 0. The minimum atomic E-state index is -0.324. The number of rotatable bonds is 4. The van der Waals surface area contributed by atoms with Crippen LogP contribution in [0.4, 0.5) is 4.79 Å². The Bertz CT molecular complexity index is 255. The van der Waals surface area contributed by atoms with Gasteiger partial charge >= 0.3 is 6.09 Å². The number of ether oxygens (including phenoxy) is 1. The van der Waals surface area contributed by atoms with E-state index in [1.807, 2.05) is 32.8 Å². The smallest absolute Gasteiger partial charge is 0.407 e. The van der Waals surface area contributed by atoms with Crippen molar-refractivity contribution in [2.75, 3.05) is 26.3 Å². The molecule has 5 heteroatoms. The lowest BCUT2D eigenvalue weighted by atomic mass is 9.99. The highest BCUT2D eigenvalue weighted by Gasteiger charge is 2.21. The average molecular weight is 258 g/mol. The van der Waals surface area contributed by atoms with Crippen LogP contribution in [0.1, 0.15) is 40.5 Å². The molecular weight excluding hydrogens is 232 g/mol. The molecule has 0 saturated carbocycles. The number of nitrogens with zero attached hydrogens (tertiary/aromatic N) is 1. The van der Waals surface area contributed by atoms with Crippen LogP contribution in [0.25, 0.3) is 0 Å². The van der Waals surface area contributed by atoms with E-state index in [2.05, 4.69) is 5.32 Å². The predicted octanol–water partition coefficient (Wildman–Crippen LogP) is 2.17. The molecule has 0 atom stereocenters. The summed E-state index contributed by atoms with van der Waals surface area (Å²) in [4.78, 5) is 16.9. The van der Waals surface area contributed by atoms with Crippen LogP contribution in [0.5, 0.6) is 0 Å². The highest BCUT2D eigenvalue weighted by Crippen LogP contribution is 2.17. The molecule has 18 heavy (non-hydrogen) atoms. The van der Waals surface area contributed by atoms with Gasteiger partial charge in [0.15, 0.2) is 0 Å². The van der Waals surface area contributed by atoms with Crippen molar-refractivity contribution < 1.29 is 14.4 Å². The van der Waals surface area contributed by atoms with Gasteiger partial charge < -0.3 is 10.1 Å². The molecule has 0 spiro atoms. The molecule has 1 saturated heterocycles. The van der Waals surface area contributed by atoms with E-state index >= 15 is 0 Å². The van der Waals surface area contributed by atoms with Gasteiger partial charge in [0.2, 0.25) is 0 Å². The van der Waals surface area contributed by atoms with Crippen molar-refractivity contribution in [3.8, 4) is 0 Å². The van der Waals surface area contributed by atoms with E-state index in [-0.39, 0.29) is 11.6 Å². The van der Waals surface area contributed by atoms with Crippen LogP contribution >= 0.6 is 0 Å². The third-order valence-electron chi connectivity index (χ3n) is 2.81. The van der Waals surface area contributed by atoms with Crippen molar-refractivity contribution in [2.45, 2.75) is 46.1 Å².